The smallest absolute Gasteiger partial charge is 0.180 e. The molecule has 0 bridgehead atoms. The zero-order valence-electron chi connectivity index (χ0n) is 17.6. The van der Waals surface area contributed by atoms with E-state index in [1.54, 1.807) is 0 Å². The average Bonchev–Trinajstić information content (AvgIpc) is 3.54. The van der Waals surface area contributed by atoms with Crippen LogP contribution in [-0.2, 0) is 0 Å². The van der Waals surface area contributed by atoms with Gasteiger partial charge in [-0.05, 0) is 30.3 Å². The Morgan fingerprint density at radius 3 is 1.73 bits per heavy atom. The van der Waals surface area contributed by atoms with E-state index in [-0.39, 0.29) is 0 Å². The van der Waals surface area contributed by atoms with Crippen LogP contribution in [0.3, 0.4) is 0 Å². The molecule has 0 aliphatic rings. The highest BCUT2D eigenvalue weighted by atomic mass is 16.4. The molecule has 0 aliphatic carbocycles. The number of hydrogen-bond acceptors (Lipinski definition) is 2. The first-order valence-electron chi connectivity index (χ1n) is 11.1. The number of rotatable bonds is 1. The Kier molecular flexibility index (Phi) is 3.14. The SMILES string of the molecule is c1ccc(-n2c3ccccc3c3c4c5ccccc5oc4c4oc5ccccc5c4c32)cc1. The molecule has 0 aliphatic heterocycles. The van der Waals surface area contributed by atoms with Crippen molar-refractivity contribution in [3.63, 3.8) is 0 Å². The van der Waals surface area contributed by atoms with E-state index < -0.39 is 0 Å². The van der Waals surface area contributed by atoms with Gasteiger partial charge in [-0.1, -0.05) is 72.8 Å². The number of furan rings is 2. The van der Waals surface area contributed by atoms with Gasteiger partial charge in [-0.3, -0.25) is 0 Å². The van der Waals surface area contributed by atoms with Crippen LogP contribution in [0.25, 0.3) is 71.4 Å². The molecule has 0 spiro atoms. The molecule has 3 heteroatoms. The van der Waals surface area contributed by atoms with Gasteiger partial charge in [0.05, 0.1) is 16.4 Å². The Hall–Kier alpha value is -4.50. The topological polar surface area (TPSA) is 31.2 Å². The summed E-state index contributed by atoms with van der Waals surface area (Å²) in [7, 11) is 0. The zero-order valence-corrected chi connectivity index (χ0v) is 17.6. The second-order valence-corrected chi connectivity index (χ2v) is 8.52. The van der Waals surface area contributed by atoms with Gasteiger partial charge in [-0.15, -0.1) is 0 Å². The summed E-state index contributed by atoms with van der Waals surface area (Å²) in [5.41, 5.74) is 6.80. The summed E-state index contributed by atoms with van der Waals surface area (Å²) in [4.78, 5) is 0. The van der Waals surface area contributed by atoms with Gasteiger partial charge in [-0.25, -0.2) is 0 Å². The highest BCUT2D eigenvalue weighted by Gasteiger charge is 2.25. The maximum absolute atomic E-state index is 6.48. The highest BCUT2D eigenvalue weighted by molar-refractivity contribution is 6.38. The number of para-hydroxylation sites is 4. The Balaban J connectivity index is 1.81. The Bertz CT molecular complexity index is 2020. The molecule has 33 heavy (non-hydrogen) atoms. The van der Waals surface area contributed by atoms with Crippen molar-refractivity contribution in [3.05, 3.63) is 103 Å². The Labute approximate surface area is 188 Å². The minimum Gasteiger partial charge on any atom is -0.452 e. The van der Waals surface area contributed by atoms with Crippen molar-refractivity contribution in [3.8, 4) is 5.69 Å². The van der Waals surface area contributed by atoms with Crippen LogP contribution in [0.5, 0.6) is 0 Å². The predicted molar refractivity (Wildman–Crippen MR) is 135 cm³/mol. The number of aromatic nitrogens is 1. The van der Waals surface area contributed by atoms with Crippen LogP contribution in [-0.4, -0.2) is 4.57 Å². The molecule has 3 heterocycles. The summed E-state index contributed by atoms with van der Waals surface area (Å²) in [6.45, 7) is 0. The summed E-state index contributed by atoms with van der Waals surface area (Å²) < 4.78 is 15.3. The van der Waals surface area contributed by atoms with Crippen LogP contribution in [0, 0.1) is 0 Å². The fourth-order valence-electron chi connectivity index (χ4n) is 5.47. The fourth-order valence-corrected chi connectivity index (χ4v) is 5.47. The molecular weight excluding hydrogens is 406 g/mol. The number of benzene rings is 5. The lowest BCUT2D eigenvalue weighted by Crippen LogP contribution is -1.93. The summed E-state index contributed by atoms with van der Waals surface area (Å²) in [6.07, 6.45) is 0. The van der Waals surface area contributed by atoms with Gasteiger partial charge in [0.25, 0.3) is 0 Å². The number of nitrogens with zero attached hydrogens (tertiary/aromatic N) is 1. The third kappa shape index (κ3) is 2.09. The van der Waals surface area contributed by atoms with Gasteiger partial charge in [0.15, 0.2) is 11.2 Å². The van der Waals surface area contributed by atoms with E-state index in [0.717, 1.165) is 55.1 Å². The van der Waals surface area contributed by atoms with Crippen molar-refractivity contribution in [2.45, 2.75) is 0 Å². The van der Waals surface area contributed by atoms with E-state index in [1.165, 1.54) is 16.3 Å². The lowest BCUT2D eigenvalue weighted by Gasteiger charge is -2.08. The molecule has 0 atom stereocenters. The summed E-state index contributed by atoms with van der Waals surface area (Å²) >= 11 is 0. The molecule has 0 N–H and O–H groups in total. The highest BCUT2D eigenvalue weighted by Crippen LogP contribution is 2.48. The van der Waals surface area contributed by atoms with E-state index in [4.69, 9.17) is 8.83 Å². The number of fused-ring (bicyclic) bond motifs is 12. The maximum Gasteiger partial charge on any atom is 0.180 e. The third-order valence-electron chi connectivity index (χ3n) is 6.77. The zero-order chi connectivity index (χ0) is 21.5. The summed E-state index contributed by atoms with van der Waals surface area (Å²) in [6, 6.07) is 35.7. The van der Waals surface area contributed by atoms with Crippen LogP contribution in [0.4, 0.5) is 0 Å². The molecule has 0 fully saturated rings. The monoisotopic (exact) mass is 423 g/mol. The van der Waals surface area contributed by atoms with E-state index in [1.807, 2.05) is 24.3 Å². The standard InChI is InChI=1S/C30H17NO2/c1-2-10-18(11-3-1)31-22-15-7-4-12-19(22)25-26-20-13-5-8-16-23(20)32-29(26)30-27(28(25)31)21-14-6-9-17-24(21)33-30/h1-17H. The van der Waals surface area contributed by atoms with E-state index in [9.17, 15) is 0 Å². The van der Waals surface area contributed by atoms with E-state index in [0.29, 0.717) is 0 Å². The molecule has 0 radical (unpaired) electrons. The normalized spacial score (nSPS) is 12.2. The first kappa shape index (κ1) is 17.1. The van der Waals surface area contributed by atoms with E-state index in [2.05, 4.69) is 83.4 Å². The average molecular weight is 423 g/mol. The minimum absolute atomic E-state index is 0.801. The van der Waals surface area contributed by atoms with Crippen molar-refractivity contribution in [2.75, 3.05) is 0 Å². The van der Waals surface area contributed by atoms with Gasteiger partial charge in [0.1, 0.15) is 11.2 Å². The lowest BCUT2D eigenvalue weighted by molar-refractivity contribution is 0.633. The number of hydrogen-bond donors (Lipinski definition) is 0. The van der Waals surface area contributed by atoms with Crippen molar-refractivity contribution < 1.29 is 8.83 Å². The van der Waals surface area contributed by atoms with Crippen molar-refractivity contribution in [2.24, 2.45) is 0 Å². The molecule has 0 unspecified atom stereocenters. The molecule has 8 rings (SSSR count). The molecule has 8 aromatic rings. The Morgan fingerprint density at radius 2 is 1.00 bits per heavy atom. The molecule has 5 aromatic carbocycles. The third-order valence-corrected chi connectivity index (χ3v) is 6.77. The minimum atomic E-state index is 0.801. The summed E-state index contributed by atoms with van der Waals surface area (Å²) in [5, 5.41) is 6.81. The first-order chi connectivity index (χ1) is 16.4. The van der Waals surface area contributed by atoms with Gasteiger partial charge in [0, 0.05) is 32.6 Å². The van der Waals surface area contributed by atoms with Crippen LogP contribution in [0.15, 0.2) is 112 Å². The molecule has 0 amide bonds. The molecule has 0 saturated heterocycles. The van der Waals surface area contributed by atoms with E-state index >= 15 is 0 Å². The molecule has 154 valence electrons. The second kappa shape index (κ2) is 6.05. The van der Waals surface area contributed by atoms with Crippen LogP contribution in [0.2, 0.25) is 0 Å². The van der Waals surface area contributed by atoms with Crippen LogP contribution >= 0.6 is 0 Å². The summed E-state index contributed by atoms with van der Waals surface area (Å²) in [5.74, 6) is 0. The van der Waals surface area contributed by atoms with Crippen molar-refractivity contribution >= 4 is 65.7 Å². The largest absolute Gasteiger partial charge is 0.452 e. The lowest BCUT2D eigenvalue weighted by atomic mass is 10.0. The first-order valence-corrected chi connectivity index (χ1v) is 11.1. The molecule has 3 nitrogen and oxygen atoms in total. The van der Waals surface area contributed by atoms with Gasteiger partial charge < -0.3 is 13.4 Å². The van der Waals surface area contributed by atoms with Crippen LogP contribution < -0.4 is 0 Å². The van der Waals surface area contributed by atoms with Gasteiger partial charge in [0.2, 0.25) is 0 Å². The quantitative estimate of drug-likeness (QED) is 0.265. The van der Waals surface area contributed by atoms with Crippen molar-refractivity contribution in [1.82, 2.24) is 4.57 Å². The van der Waals surface area contributed by atoms with Crippen molar-refractivity contribution in [1.29, 1.82) is 0 Å². The maximum atomic E-state index is 6.48. The molecular formula is C30H17NO2. The van der Waals surface area contributed by atoms with Gasteiger partial charge >= 0.3 is 0 Å². The molecule has 0 saturated carbocycles. The molecule has 3 aromatic heterocycles. The fraction of sp³-hybridized carbons (Fsp3) is 0. The predicted octanol–water partition coefficient (Wildman–Crippen LogP) is 8.58. The van der Waals surface area contributed by atoms with Crippen LogP contribution in [0.1, 0.15) is 0 Å². The van der Waals surface area contributed by atoms with Gasteiger partial charge in [-0.2, -0.15) is 0 Å². The Morgan fingerprint density at radius 1 is 0.455 bits per heavy atom. The second-order valence-electron chi connectivity index (χ2n) is 8.52.